The Labute approximate surface area is 159 Å². The summed E-state index contributed by atoms with van der Waals surface area (Å²) in [6.07, 6.45) is 11.8. The first kappa shape index (κ1) is 16.9. The molecule has 1 fully saturated rings. The highest BCUT2D eigenvalue weighted by atomic mass is 16.1. The van der Waals surface area contributed by atoms with Crippen molar-refractivity contribution in [3.8, 4) is 0 Å². The summed E-state index contributed by atoms with van der Waals surface area (Å²) in [6, 6.07) is 1.82. The van der Waals surface area contributed by atoms with Gasteiger partial charge in [0.1, 0.15) is 12.1 Å². The lowest BCUT2D eigenvalue weighted by atomic mass is 9.93. The highest BCUT2D eigenvalue weighted by molar-refractivity contribution is 5.49. The topological polar surface area (TPSA) is 63.9 Å². The predicted molar refractivity (Wildman–Crippen MR) is 104 cm³/mol. The quantitative estimate of drug-likeness (QED) is 0.835. The fourth-order valence-corrected chi connectivity index (χ4v) is 4.92. The van der Waals surface area contributed by atoms with Gasteiger partial charge in [0.05, 0.1) is 5.69 Å². The van der Waals surface area contributed by atoms with E-state index in [0.717, 1.165) is 76.1 Å². The molecule has 0 saturated carbocycles. The third kappa shape index (κ3) is 3.26. The Morgan fingerprint density at radius 1 is 0.963 bits per heavy atom. The largest absolute Gasteiger partial charge is 0.356 e. The first-order chi connectivity index (χ1) is 13.3. The zero-order valence-corrected chi connectivity index (χ0v) is 15.9. The molecule has 0 atom stereocenters. The molecule has 2 aliphatic carbocycles. The van der Waals surface area contributed by atoms with Gasteiger partial charge in [-0.15, -0.1) is 0 Å². The zero-order valence-electron chi connectivity index (χ0n) is 15.9. The summed E-state index contributed by atoms with van der Waals surface area (Å²) < 4.78 is 1.72. The second-order valence-electron chi connectivity index (χ2n) is 8.25. The highest BCUT2D eigenvalue weighted by Crippen LogP contribution is 2.30. The van der Waals surface area contributed by atoms with Crippen molar-refractivity contribution in [2.75, 3.05) is 18.0 Å². The van der Waals surface area contributed by atoms with Gasteiger partial charge >= 0.3 is 0 Å². The highest BCUT2D eigenvalue weighted by Gasteiger charge is 2.25. The maximum atomic E-state index is 12.4. The molecule has 1 saturated heterocycles. The molecule has 1 aliphatic heterocycles. The van der Waals surface area contributed by atoms with Crippen LogP contribution < -0.4 is 10.5 Å². The van der Waals surface area contributed by atoms with E-state index in [1.807, 2.05) is 6.07 Å². The van der Waals surface area contributed by atoms with Gasteiger partial charge in [-0.25, -0.2) is 14.6 Å². The molecule has 5 rings (SSSR count). The lowest BCUT2D eigenvalue weighted by Crippen LogP contribution is -2.38. The second kappa shape index (κ2) is 7.06. The average Bonchev–Trinajstić information content (AvgIpc) is 3.15. The number of aryl methyl sites for hydroxylation is 3. The minimum atomic E-state index is 0.0722. The van der Waals surface area contributed by atoms with Crippen LogP contribution in [0.2, 0.25) is 0 Å². The standard InChI is InChI=1S/C21H27N5O/c27-20-12-16-4-3-7-18(16)24-26(20)13-15-8-10-25(11-9-15)21-17-5-1-2-6-19(17)22-14-23-21/h12,14-15H,1-11,13H2. The lowest BCUT2D eigenvalue weighted by molar-refractivity contribution is 0.332. The Morgan fingerprint density at radius 3 is 2.67 bits per heavy atom. The predicted octanol–water partition coefficient (Wildman–Crippen LogP) is 2.32. The van der Waals surface area contributed by atoms with E-state index in [9.17, 15) is 4.79 Å². The molecular formula is C21H27N5O. The summed E-state index contributed by atoms with van der Waals surface area (Å²) in [5.41, 5.74) is 5.00. The van der Waals surface area contributed by atoms with Crippen molar-refractivity contribution in [1.82, 2.24) is 19.7 Å². The van der Waals surface area contributed by atoms with E-state index in [1.165, 1.54) is 29.7 Å². The molecule has 6 nitrogen and oxygen atoms in total. The molecule has 3 heterocycles. The normalized spacial score (nSPS) is 19.8. The molecule has 0 spiro atoms. The van der Waals surface area contributed by atoms with E-state index in [1.54, 1.807) is 11.0 Å². The molecule has 6 heteroatoms. The number of anilines is 1. The molecule has 2 aromatic rings. The molecule has 0 bridgehead atoms. The number of aromatic nitrogens is 4. The number of piperidine rings is 1. The van der Waals surface area contributed by atoms with Crippen LogP contribution >= 0.6 is 0 Å². The van der Waals surface area contributed by atoms with E-state index in [4.69, 9.17) is 0 Å². The van der Waals surface area contributed by atoms with Crippen LogP contribution in [0.5, 0.6) is 0 Å². The van der Waals surface area contributed by atoms with Gasteiger partial charge in [-0.3, -0.25) is 4.79 Å². The van der Waals surface area contributed by atoms with Crippen molar-refractivity contribution >= 4 is 5.82 Å². The van der Waals surface area contributed by atoms with Crippen molar-refractivity contribution in [2.45, 2.75) is 64.3 Å². The van der Waals surface area contributed by atoms with Crippen LogP contribution in [0, 0.1) is 5.92 Å². The van der Waals surface area contributed by atoms with Crippen molar-refractivity contribution in [2.24, 2.45) is 5.92 Å². The van der Waals surface area contributed by atoms with Crippen molar-refractivity contribution in [3.63, 3.8) is 0 Å². The van der Waals surface area contributed by atoms with Crippen LogP contribution in [0.25, 0.3) is 0 Å². The molecule has 0 amide bonds. The molecular weight excluding hydrogens is 338 g/mol. The van der Waals surface area contributed by atoms with Crippen LogP contribution in [0.15, 0.2) is 17.2 Å². The van der Waals surface area contributed by atoms with Crippen LogP contribution in [0.1, 0.15) is 54.6 Å². The summed E-state index contributed by atoms with van der Waals surface area (Å²) in [4.78, 5) is 23.9. The minimum Gasteiger partial charge on any atom is -0.356 e. The van der Waals surface area contributed by atoms with Crippen molar-refractivity contribution in [3.05, 3.63) is 45.3 Å². The second-order valence-corrected chi connectivity index (χ2v) is 8.25. The smallest absolute Gasteiger partial charge is 0.267 e. The Balaban J connectivity index is 1.27. The van der Waals surface area contributed by atoms with E-state index in [2.05, 4.69) is 20.0 Å². The van der Waals surface area contributed by atoms with E-state index < -0.39 is 0 Å². The maximum Gasteiger partial charge on any atom is 0.267 e. The van der Waals surface area contributed by atoms with E-state index >= 15 is 0 Å². The van der Waals surface area contributed by atoms with Gasteiger partial charge in [0.2, 0.25) is 0 Å². The Kier molecular flexibility index (Phi) is 4.42. The van der Waals surface area contributed by atoms with Crippen molar-refractivity contribution < 1.29 is 0 Å². The fraction of sp³-hybridized carbons (Fsp3) is 0.619. The van der Waals surface area contributed by atoms with Gasteiger partial charge in [-0.2, -0.15) is 5.10 Å². The first-order valence-electron chi connectivity index (χ1n) is 10.5. The molecule has 0 radical (unpaired) electrons. The first-order valence-corrected chi connectivity index (χ1v) is 10.5. The van der Waals surface area contributed by atoms with Gasteiger partial charge < -0.3 is 4.90 Å². The summed E-state index contributed by atoms with van der Waals surface area (Å²) in [5, 5.41) is 4.65. The average molecular weight is 365 g/mol. The number of hydrogen-bond donors (Lipinski definition) is 0. The molecule has 0 unspecified atom stereocenters. The summed E-state index contributed by atoms with van der Waals surface area (Å²) in [6.45, 7) is 2.77. The molecule has 2 aromatic heterocycles. The SMILES string of the molecule is O=c1cc2c(nn1CC1CCN(c3ncnc4c3CCCC4)CC1)CCC2. The Bertz CT molecular complexity index is 898. The van der Waals surface area contributed by atoms with Gasteiger partial charge in [-0.1, -0.05) is 0 Å². The van der Waals surface area contributed by atoms with E-state index in [-0.39, 0.29) is 5.56 Å². The Morgan fingerprint density at radius 2 is 1.78 bits per heavy atom. The zero-order chi connectivity index (χ0) is 18.2. The van der Waals surface area contributed by atoms with Crippen molar-refractivity contribution in [1.29, 1.82) is 0 Å². The van der Waals surface area contributed by atoms with Gasteiger partial charge in [0.15, 0.2) is 0 Å². The van der Waals surface area contributed by atoms with Crippen LogP contribution in [-0.2, 0) is 32.2 Å². The van der Waals surface area contributed by atoms with Gasteiger partial charge in [-0.05, 0) is 69.3 Å². The lowest BCUT2D eigenvalue weighted by Gasteiger charge is -2.34. The monoisotopic (exact) mass is 365 g/mol. The maximum absolute atomic E-state index is 12.4. The number of hydrogen-bond acceptors (Lipinski definition) is 5. The molecule has 27 heavy (non-hydrogen) atoms. The van der Waals surface area contributed by atoms with Gasteiger partial charge in [0.25, 0.3) is 5.56 Å². The van der Waals surface area contributed by atoms with Crippen LogP contribution in [0.4, 0.5) is 5.82 Å². The molecule has 142 valence electrons. The molecule has 0 aromatic carbocycles. The third-order valence-electron chi connectivity index (χ3n) is 6.47. The summed E-state index contributed by atoms with van der Waals surface area (Å²) in [5.74, 6) is 1.68. The molecule has 3 aliphatic rings. The van der Waals surface area contributed by atoms with Crippen LogP contribution in [0.3, 0.4) is 0 Å². The molecule has 0 N–H and O–H groups in total. The number of rotatable bonds is 3. The number of nitrogens with zero attached hydrogens (tertiary/aromatic N) is 5. The summed E-state index contributed by atoms with van der Waals surface area (Å²) in [7, 11) is 0. The third-order valence-corrected chi connectivity index (χ3v) is 6.47. The minimum absolute atomic E-state index is 0.0722. The van der Waals surface area contributed by atoms with E-state index in [0.29, 0.717) is 5.92 Å². The van der Waals surface area contributed by atoms with Crippen LogP contribution in [-0.4, -0.2) is 32.8 Å². The summed E-state index contributed by atoms with van der Waals surface area (Å²) >= 11 is 0. The fourth-order valence-electron chi connectivity index (χ4n) is 4.92. The number of fused-ring (bicyclic) bond motifs is 2. The Hall–Kier alpha value is -2.24. The van der Waals surface area contributed by atoms with Gasteiger partial charge in [0, 0.05) is 37.0 Å².